The van der Waals surface area contributed by atoms with Crippen molar-refractivity contribution in [2.24, 2.45) is 5.92 Å². The van der Waals surface area contributed by atoms with Crippen LogP contribution >= 0.6 is 0 Å². The van der Waals surface area contributed by atoms with Gasteiger partial charge in [-0.3, -0.25) is 9.59 Å². The molecule has 1 saturated heterocycles. The van der Waals surface area contributed by atoms with E-state index in [1.54, 1.807) is 30.6 Å². The van der Waals surface area contributed by atoms with Gasteiger partial charge in [0, 0.05) is 37.8 Å². The summed E-state index contributed by atoms with van der Waals surface area (Å²) in [6.07, 6.45) is 0. The Labute approximate surface area is 148 Å². The van der Waals surface area contributed by atoms with Crippen LogP contribution in [0.1, 0.15) is 52.9 Å². The zero-order chi connectivity index (χ0) is 18.7. The third-order valence-corrected chi connectivity index (χ3v) is 4.50. The maximum Gasteiger partial charge on any atom is 0.355 e. The van der Waals surface area contributed by atoms with Crippen LogP contribution in [0.4, 0.5) is 0 Å². The fourth-order valence-electron chi connectivity index (χ4n) is 3.13. The van der Waals surface area contributed by atoms with Crippen molar-refractivity contribution < 1.29 is 19.1 Å². The lowest BCUT2D eigenvalue weighted by Crippen LogP contribution is -2.51. The van der Waals surface area contributed by atoms with Crippen molar-refractivity contribution in [1.82, 2.24) is 14.8 Å². The lowest BCUT2D eigenvalue weighted by Gasteiger charge is -2.35. The normalized spacial score (nSPS) is 14.8. The van der Waals surface area contributed by atoms with E-state index in [9.17, 15) is 14.4 Å². The smallest absolute Gasteiger partial charge is 0.355 e. The Kier molecular flexibility index (Phi) is 5.87. The molecule has 0 unspecified atom stereocenters. The van der Waals surface area contributed by atoms with Gasteiger partial charge in [0.05, 0.1) is 12.2 Å². The fourth-order valence-corrected chi connectivity index (χ4v) is 3.13. The zero-order valence-corrected chi connectivity index (χ0v) is 15.6. The summed E-state index contributed by atoms with van der Waals surface area (Å²) in [5, 5.41) is 0. The molecule has 2 heterocycles. The molecule has 1 fully saturated rings. The summed E-state index contributed by atoms with van der Waals surface area (Å²) < 4.78 is 5.03. The van der Waals surface area contributed by atoms with E-state index in [0.29, 0.717) is 48.7 Å². The number of aryl methyl sites for hydroxylation is 1. The summed E-state index contributed by atoms with van der Waals surface area (Å²) in [4.78, 5) is 43.5. The van der Waals surface area contributed by atoms with Crippen molar-refractivity contribution in [2.75, 3.05) is 32.8 Å². The van der Waals surface area contributed by atoms with Crippen LogP contribution in [0.3, 0.4) is 0 Å². The Hall–Kier alpha value is -2.31. The van der Waals surface area contributed by atoms with Crippen LogP contribution in [0.15, 0.2) is 0 Å². The number of carbonyl (C=O) groups excluding carboxylic acids is 3. The van der Waals surface area contributed by atoms with Crippen LogP contribution in [0.25, 0.3) is 0 Å². The summed E-state index contributed by atoms with van der Waals surface area (Å²) in [7, 11) is 0. The predicted molar refractivity (Wildman–Crippen MR) is 93.5 cm³/mol. The van der Waals surface area contributed by atoms with Gasteiger partial charge < -0.3 is 19.5 Å². The average Bonchev–Trinajstić information content (AvgIpc) is 2.88. The van der Waals surface area contributed by atoms with Gasteiger partial charge in [-0.2, -0.15) is 0 Å². The van der Waals surface area contributed by atoms with Crippen molar-refractivity contribution in [2.45, 2.75) is 34.6 Å². The van der Waals surface area contributed by atoms with Crippen LogP contribution in [-0.2, 0) is 9.53 Å². The van der Waals surface area contributed by atoms with Gasteiger partial charge in [0.1, 0.15) is 5.69 Å². The number of nitrogens with zero attached hydrogens (tertiary/aromatic N) is 2. The molecule has 7 heteroatoms. The maximum atomic E-state index is 12.9. The van der Waals surface area contributed by atoms with Crippen LogP contribution in [0.5, 0.6) is 0 Å². The Morgan fingerprint density at radius 3 is 2.16 bits per heavy atom. The number of piperazine rings is 1. The molecule has 138 valence electrons. The van der Waals surface area contributed by atoms with Gasteiger partial charge in [-0.25, -0.2) is 4.79 Å². The second-order valence-corrected chi connectivity index (χ2v) is 6.62. The number of nitrogens with one attached hydrogen (secondary N) is 1. The van der Waals surface area contributed by atoms with Gasteiger partial charge in [0.25, 0.3) is 5.91 Å². The Balaban J connectivity index is 2.12. The number of carbonyl (C=O) groups is 3. The predicted octanol–water partition coefficient (Wildman–Crippen LogP) is 1.75. The molecule has 1 aliphatic heterocycles. The lowest BCUT2D eigenvalue weighted by molar-refractivity contribution is -0.135. The third-order valence-electron chi connectivity index (χ3n) is 4.50. The van der Waals surface area contributed by atoms with Crippen LogP contribution in [0.2, 0.25) is 0 Å². The molecular weight excluding hydrogens is 322 g/mol. The average molecular weight is 349 g/mol. The molecule has 0 atom stereocenters. The molecular formula is C18H27N3O4. The Bertz CT molecular complexity index is 670. The number of esters is 1. The van der Waals surface area contributed by atoms with Crippen molar-refractivity contribution in [3.63, 3.8) is 0 Å². The van der Waals surface area contributed by atoms with Crippen LogP contribution in [0, 0.1) is 19.8 Å². The van der Waals surface area contributed by atoms with Gasteiger partial charge >= 0.3 is 5.97 Å². The molecule has 7 nitrogen and oxygen atoms in total. The van der Waals surface area contributed by atoms with Crippen LogP contribution < -0.4 is 0 Å². The molecule has 2 rings (SSSR count). The first-order chi connectivity index (χ1) is 11.8. The SMILES string of the molecule is CCOC(=O)c1[nH]c(C)c(C(=O)N2CCN(C(=O)C(C)C)CC2)c1C. The summed E-state index contributed by atoms with van der Waals surface area (Å²) in [6.45, 7) is 11.4. The van der Waals surface area contributed by atoms with Crippen molar-refractivity contribution >= 4 is 17.8 Å². The molecule has 0 spiro atoms. The monoisotopic (exact) mass is 349 g/mol. The third kappa shape index (κ3) is 3.86. The van der Waals surface area contributed by atoms with Crippen LogP contribution in [-0.4, -0.2) is 65.4 Å². The van der Waals surface area contributed by atoms with Crippen molar-refractivity contribution in [3.8, 4) is 0 Å². The summed E-state index contributed by atoms with van der Waals surface area (Å²) in [5.74, 6) is -0.484. The number of ether oxygens (including phenoxy) is 1. The summed E-state index contributed by atoms with van der Waals surface area (Å²) in [5.41, 5.74) is 2.12. The molecule has 1 aliphatic rings. The first kappa shape index (κ1) is 19.0. The topological polar surface area (TPSA) is 82.7 Å². The Morgan fingerprint density at radius 1 is 1.08 bits per heavy atom. The highest BCUT2D eigenvalue weighted by Gasteiger charge is 2.29. The number of H-pyrrole nitrogens is 1. The van der Waals surface area contributed by atoms with E-state index in [-0.39, 0.29) is 24.3 Å². The molecule has 0 saturated carbocycles. The Morgan fingerprint density at radius 2 is 1.64 bits per heavy atom. The van der Waals surface area contributed by atoms with Gasteiger partial charge in [0.2, 0.25) is 5.91 Å². The highest BCUT2D eigenvalue weighted by atomic mass is 16.5. The number of hydrogen-bond donors (Lipinski definition) is 1. The second-order valence-electron chi connectivity index (χ2n) is 6.62. The molecule has 2 amide bonds. The zero-order valence-electron chi connectivity index (χ0n) is 15.6. The van der Waals surface area contributed by atoms with E-state index in [1.807, 2.05) is 13.8 Å². The van der Waals surface area contributed by atoms with E-state index in [4.69, 9.17) is 4.74 Å². The maximum absolute atomic E-state index is 12.9. The van der Waals surface area contributed by atoms with E-state index >= 15 is 0 Å². The largest absolute Gasteiger partial charge is 0.461 e. The molecule has 0 bridgehead atoms. The number of hydrogen-bond acceptors (Lipinski definition) is 4. The molecule has 0 aliphatic carbocycles. The van der Waals surface area contributed by atoms with E-state index < -0.39 is 5.97 Å². The highest BCUT2D eigenvalue weighted by Crippen LogP contribution is 2.21. The van der Waals surface area contributed by atoms with Crippen molar-refractivity contribution in [1.29, 1.82) is 0 Å². The molecule has 1 N–H and O–H groups in total. The minimum absolute atomic E-state index is 0.0384. The van der Waals surface area contributed by atoms with E-state index in [1.165, 1.54) is 0 Å². The second kappa shape index (κ2) is 7.72. The number of rotatable bonds is 4. The molecule has 1 aromatic heterocycles. The van der Waals surface area contributed by atoms with Crippen molar-refractivity contribution in [3.05, 3.63) is 22.5 Å². The standard InChI is InChI=1S/C18H27N3O4/c1-6-25-18(24)15-12(4)14(13(5)19-15)17(23)21-9-7-20(8-10-21)16(22)11(2)3/h11,19H,6-10H2,1-5H3. The van der Waals surface area contributed by atoms with E-state index in [2.05, 4.69) is 4.98 Å². The molecule has 1 aromatic rings. The minimum atomic E-state index is -0.450. The number of aromatic amines is 1. The molecule has 0 aromatic carbocycles. The summed E-state index contributed by atoms with van der Waals surface area (Å²) in [6, 6.07) is 0. The van der Waals surface area contributed by atoms with Gasteiger partial charge in [-0.1, -0.05) is 13.8 Å². The molecule has 0 radical (unpaired) electrons. The quantitative estimate of drug-likeness (QED) is 0.840. The highest BCUT2D eigenvalue weighted by molar-refractivity contribution is 6.01. The fraction of sp³-hybridized carbons (Fsp3) is 0.611. The lowest BCUT2D eigenvalue weighted by atomic mass is 10.1. The van der Waals surface area contributed by atoms with Gasteiger partial charge in [-0.05, 0) is 26.3 Å². The first-order valence-corrected chi connectivity index (χ1v) is 8.72. The van der Waals surface area contributed by atoms with Gasteiger partial charge in [0.15, 0.2) is 0 Å². The molecule has 25 heavy (non-hydrogen) atoms. The number of aromatic nitrogens is 1. The van der Waals surface area contributed by atoms with E-state index in [0.717, 1.165) is 0 Å². The minimum Gasteiger partial charge on any atom is -0.461 e. The first-order valence-electron chi connectivity index (χ1n) is 8.72. The van der Waals surface area contributed by atoms with Gasteiger partial charge in [-0.15, -0.1) is 0 Å². The summed E-state index contributed by atoms with van der Waals surface area (Å²) >= 11 is 0. The number of amides is 2.